The molecule has 33 heavy (non-hydrogen) atoms. The van der Waals surface area contributed by atoms with Gasteiger partial charge >= 0.3 is 0 Å². The molecule has 0 spiro atoms. The molecule has 164 valence electrons. The number of hydrogen-bond donors (Lipinski definition) is 1. The van der Waals surface area contributed by atoms with Crippen molar-refractivity contribution in [2.75, 3.05) is 11.1 Å². The van der Waals surface area contributed by atoms with Crippen LogP contribution in [0.3, 0.4) is 0 Å². The lowest BCUT2D eigenvalue weighted by atomic mass is 9.95. The fourth-order valence-corrected chi connectivity index (χ4v) is 6.31. The molecule has 2 aliphatic rings. The Bertz CT molecular complexity index is 1420. The number of benzene rings is 3. The Morgan fingerprint density at radius 1 is 0.939 bits per heavy atom. The highest BCUT2D eigenvalue weighted by atomic mass is 32.2. The van der Waals surface area contributed by atoms with Crippen LogP contribution in [-0.4, -0.2) is 16.2 Å². The fraction of sp³-hybridized carbons (Fsp3) is 0.214. The maximum absolute atomic E-state index is 13.3. The van der Waals surface area contributed by atoms with Crippen molar-refractivity contribution >= 4 is 34.1 Å². The van der Waals surface area contributed by atoms with Gasteiger partial charge in [-0.05, 0) is 64.8 Å². The number of amides is 1. The van der Waals surface area contributed by atoms with Gasteiger partial charge in [-0.15, -0.1) is 11.8 Å². The number of anilines is 1. The highest BCUT2D eigenvalue weighted by molar-refractivity contribution is 7.99. The molecular formula is C28H24N2O2S. The lowest BCUT2D eigenvalue weighted by molar-refractivity contribution is -0.118. The van der Waals surface area contributed by atoms with E-state index >= 15 is 0 Å². The number of nitrogens with one attached hydrogen (secondary N) is 1. The fourth-order valence-electron chi connectivity index (χ4n) is 4.89. The zero-order chi connectivity index (χ0) is 22.4. The van der Waals surface area contributed by atoms with Crippen LogP contribution < -0.4 is 10.9 Å². The van der Waals surface area contributed by atoms with E-state index in [1.54, 1.807) is 22.4 Å². The molecule has 1 atom stereocenters. The summed E-state index contributed by atoms with van der Waals surface area (Å²) in [5.41, 5.74) is 4.30. The topological polar surface area (TPSA) is 51.1 Å². The van der Waals surface area contributed by atoms with Gasteiger partial charge in [-0.3, -0.25) is 14.2 Å². The maximum Gasteiger partial charge on any atom is 0.252 e. The lowest BCUT2D eigenvalue weighted by Crippen LogP contribution is -2.33. The summed E-state index contributed by atoms with van der Waals surface area (Å²) in [6, 6.07) is 25.5. The highest BCUT2D eigenvalue weighted by Gasteiger charge is 2.37. The monoisotopic (exact) mass is 452 g/mol. The number of para-hydroxylation sites is 1. The summed E-state index contributed by atoms with van der Waals surface area (Å²) in [6.07, 6.45) is 3.03. The molecule has 4 aromatic rings. The molecule has 3 aromatic carbocycles. The Labute approximate surface area is 196 Å². The van der Waals surface area contributed by atoms with E-state index in [1.165, 1.54) is 21.9 Å². The number of rotatable bonds is 5. The van der Waals surface area contributed by atoms with E-state index in [0.29, 0.717) is 11.7 Å². The molecule has 1 saturated carbocycles. The zero-order valence-electron chi connectivity index (χ0n) is 18.2. The van der Waals surface area contributed by atoms with Crippen LogP contribution in [0.2, 0.25) is 0 Å². The molecule has 1 fully saturated rings. The van der Waals surface area contributed by atoms with Crippen molar-refractivity contribution in [3.8, 4) is 0 Å². The first kappa shape index (κ1) is 20.3. The number of thioether (sulfide) groups is 1. The average Bonchev–Trinajstić information content (AvgIpc) is 3.57. The van der Waals surface area contributed by atoms with Crippen molar-refractivity contribution in [3.63, 3.8) is 0 Å². The average molecular weight is 453 g/mol. The van der Waals surface area contributed by atoms with Gasteiger partial charge in [-0.2, -0.15) is 0 Å². The summed E-state index contributed by atoms with van der Waals surface area (Å²) in [4.78, 5) is 26.4. The van der Waals surface area contributed by atoms with Gasteiger partial charge in [0, 0.05) is 17.5 Å². The molecule has 0 saturated heterocycles. The predicted molar refractivity (Wildman–Crippen MR) is 134 cm³/mol. The molecule has 0 radical (unpaired) electrons. The Hall–Kier alpha value is -3.31. The van der Waals surface area contributed by atoms with Crippen LogP contribution in [0.15, 0.2) is 88.7 Å². The third-order valence-electron chi connectivity index (χ3n) is 6.61. The minimum absolute atomic E-state index is 0.0807. The van der Waals surface area contributed by atoms with E-state index < -0.39 is 6.04 Å². The SMILES string of the molecule is O=C(Nc1ccccc1)[C@@H]1CSc2c(C3CC3)c(Cc3cccc4ccccc34)cc(=O)n21. The molecule has 0 unspecified atom stereocenters. The molecule has 2 heterocycles. The van der Waals surface area contributed by atoms with Crippen molar-refractivity contribution < 1.29 is 4.79 Å². The number of carbonyl (C=O) groups excluding carboxylic acids is 1. The molecular weight excluding hydrogens is 428 g/mol. The molecule has 1 aliphatic heterocycles. The third kappa shape index (κ3) is 3.76. The van der Waals surface area contributed by atoms with E-state index in [0.717, 1.165) is 35.5 Å². The van der Waals surface area contributed by atoms with Gasteiger partial charge in [0.15, 0.2) is 0 Å². The smallest absolute Gasteiger partial charge is 0.252 e. The molecule has 0 bridgehead atoms. The Kier molecular flexibility index (Phi) is 5.07. The third-order valence-corrected chi connectivity index (χ3v) is 7.78. The summed E-state index contributed by atoms with van der Waals surface area (Å²) in [5, 5.41) is 6.42. The summed E-state index contributed by atoms with van der Waals surface area (Å²) >= 11 is 1.65. The highest BCUT2D eigenvalue weighted by Crippen LogP contribution is 2.48. The molecule has 1 N–H and O–H groups in total. The quantitative estimate of drug-likeness (QED) is 0.419. The lowest BCUT2D eigenvalue weighted by Gasteiger charge is -2.18. The summed E-state index contributed by atoms with van der Waals surface area (Å²) in [7, 11) is 0. The Morgan fingerprint density at radius 2 is 1.70 bits per heavy atom. The first-order chi connectivity index (χ1) is 16.2. The maximum atomic E-state index is 13.3. The second-order valence-corrected chi connectivity index (χ2v) is 9.88. The van der Waals surface area contributed by atoms with E-state index in [9.17, 15) is 9.59 Å². The van der Waals surface area contributed by atoms with Crippen LogP contribution in [0.1, 0.15) is 41.5 Å². The van der Waals surface area contributed by atoms with Crippen molar-refractivity contribution in [1.29, 1.82) is 0 Å². The number of aromatic nitrogens is 1. The van der Waals surface area contributed by atoms with Crippen molar-refractivity contribution in [1.82, 2.24) is 4.57 Å². The molecule has 1 amide bonds. The van der Waals surface area contributed by atoms with Crippen LogP contribution in [0.25, 0.3) is 10.8 Å². The number of pyridine rings is 1. The molecule has 1 aromatic heterocycles. The Balaban J connectivity index is 1.39. The van der Waals surface area contributed by atoms with Gasteiger partial charge in [0.1, 0.15) is 6.04 Å². The minimum atomic E-state index is -0.484. The van der Waals surface area contributed by atoms with E-state index in [-0.39, 0.29) is 11.5 Å². The Morgan fingerprint density at radius 3 is 2.52 bits per heavy atom. The van der Waals surface area contributed by atoms with Gasteiger partial charge in [0.25, 0.3) is 5.56 Å². The zero-order valence-corrected chi connectivity index (χ0v) is 19.0. The van der Waals surface area contributed by atoms with E-state index in [2.05, 4.69) is 47.8 Å². The standard InChI is InChI=1S/C28H24N2O2S/c31-25-16-21(15-20-9-6-8-18-7-4-5-12-23(18)20)26(19-13-14-19)28-30(25)24(17-33-28)27(32)29-22-10-2-1-3-11-22/h1-12,16,19,24H,13-15,17H2,(H,29,32)/t24-/m0/s1. The van der Waals surface area contributed by atoms with Crippen molar-refractivity contribution in [3.05, 3.63) is 106 Å². The summed E-state index contributed by atoms with van der Waals surface area (Å²) < 4.78 is 1.74. The second-order valence-electron chi connectivity index (χ2n) is 8.87. The van der Waals surface area contributed by atoms with Crippen LogP contribution in [0.5, 0.6) is 0 Å². The van der Waals surface area contributed by atoms with Crippen molar-refractivity contribution in [2.24, 2.45) is 0 Å². The molecule has 1 aliphatic carbocycles. The van der Waals surface area contributed by atoms with Crippen LogP contribution >= 0.6 is 11.8 Å². The molecule has 4 nitrogen and oxygen atoms in total. The summed E-state index contributed by atoms with van der Waals surface area (Å²) in [5.74, 6) is 0.948. The predicted octanol–water partition coefficient (Wildman–Crippen LogP) is 5.76. The number of hydrogen-bond acceptors (Lipinski definition) is 3. The first-order valence-electron chi connectivity index (χ1n) is 11.4. The second kappa shape index (κ2) is 8.23. The summed E-state index contributed by atoms with van der Waals surface area (Å²) in [6.45, 7) is 0. The normalized spacial score (nSPS) is 17.2. The van der Waals surface area contributed by atoms with Crippen molar-refractivity contribution in [2.45, 2.75) is 36.2 Å². The van der Waals surface area contributed by atoms with Gasteiger partial charge in [-0.1, -0.05) is 60.7 Å². The van der Waals surface area contributed by atoms with Crippen LogP contribution in [-0.2, 0) is 11.2 Å². The number of nitrogens with zero attached hydrogens (tertiary/aromatic N) is 1. The first-order valence-corrected chi connectivity index (χ1v) is 12.4. The van der Waals surface area contributed by atoms with E-state index in [1.807, 2.05) is 30.3 Å². The van der Waals surface area contributed by atoms with Gasteiger partial charge < -0.3 is 5.32 Å². The van der Waals surface area contributed by atoms with Crippen LogP contribution in [0.4, 0.5) is 5.69 Å². The van der Waals surface area contributed by atoms with Crippen LogP contribution in [0, 0.1) is 0 Å². The van der Waals surface area contributed by atoms with Gasteiger partial charge in [0.2, 0.25) is 5.91 Å². The number of fused-ring (bicyclic) bond motifs is 2. The largest absolute Gasteiger partial charge is 0.324 e. The number of carbonyl (C=O) groups is 1. The molecule has 6 rings (SSSR count). The van der Waals surface area contributed by atoms with Gasteiger partial charge in [0.05, 0.1) is 5.03 Å². The van der Waals surface area contributed by atoms with Gasteiger partial charge in [-0.25, -0.2) is 0 Å². The molecule has 5 heteroatoms. The minimum Gasteiger partial charge on any atom is -0.324 e. The van der Waals surface area contributed by atoms with E-state index in [4.69, 9.17) is 0 Å².